The van der Waals surface area contributed by atoms with Crippen LogP contribution in [0.15, 0.2) is 30.6 Å². The highest BCUT2D eigenvalue weighted by atomic mass is 14.9. The zero-order valence-electron chi connectivity index (χ0n) is 15.1. The molecule has 1 atom stereocenters. The molecular formula is C21H38N+. The van der Waals surface area contributed by atoms with Crippen LogP contribution in [-0.4, -0.2) is 0 Å². The summed E-state index contributed by atoms with van der Waals surface area (Å²) in [5.74, 6) is 0.897. The fourth-order valence-corrected chi connectivity index (χ4v) is 3.15. The van der Waals surface area contributed by atoms with Gasteiger partial charge in [0.05, 0.1) is 0 Å². The summed E-state index contributed by atoms with van der Waals surface area (Å²) in [5, 5.41) is 0. The monoisotopic (exact) mass is 304 g/mol. The lowest BCUT2D eigenvalue weighted by Gasteiger charge is -2.10. The summed E-state index contributed by atoms with van der Waals surface area (Å²) in [4.78, 5) is 0. The molecule has 0 amide bonds. The Labute approximate surface area is 139 Å². The maximum absolute atomic E-state index is 2.43. The van der Waals surface area contributed by atoms with E-state index < -0.39 is 0 Å². The lowest BCUT2D eigenvalue weighted by molar-refractivity contribution is -0.697. The third-order valence-electron chi connectivity index (χ3n) is 4.69. The molecule has 1 rings (SSSR count). The van der Waals surface area contributed by atoms with Crippen molar-refractivity contribution in [2.24, 2.45) is 5.92 Å². The van der Waals surface area contributed by atoms with E-state index >= 15 is 0 Å². The molecule has 0 saturated carbocycles. The third-order valence-corrected chi connectivity index (χ3v) is 4.69. The van der Waals surface area contributed by atoms with Crippen molar-refractivity contribution in [2.45, 2.75) is 97.4 Å². The Morgan fingerprint density at radius 3 is 1.86 bits per heavy atom. The van der Waals surface area contributed by atoms with Gasteiger partial charge in [-0.3, -0.25) is 0 Å². The minimum Gasteiger partial charge on any atom is -0.205 e. The summed E-state index contributed by atoms with van der Waals surface area (Å²) < 4.78 is 2.30. The number of pyridine rings is 1. The molecule has 1 aromatic heterocycles. The third kappa shape index (κ3) is 10.8. The molecule has 0 N–H and O–H groups in total. The van der Waals surface area contributed by atoms with E-state index in [-0.39, 0.29) is 0 Å². The van der Waals surface area contributed by atoms with Gasteiger partial charge in [0.2, 0.25) is 0 Å². The molecule has 1 heterocycles. The largest absolute Gasteiger partial charge is 0.205 e. The smallest absolute Gasteiger partial charge is 0.168 e. The van der Waals surface area contributed by atoms with Crippen LogP contribution in [0.5, 0.6) is 0 Å². The molecule has 0 saturated heterocycles. The molecule has 1 aromatic rings. The van der Waals surface area contributed by atoms with Crippen molar-refractivity contribution >= 4 is 0 Å². The molecule has 0 aliphatic carbocycles. The van der Waals surface area contributed by atoms with E-state index in [0.29, 0.717) is 0 Å². The Morgan fingerprint density at radius 1 is 0.682 bits per heavy atom. The van der Waals surface area contributed by atoms with Gasteiger partial charge < -0.3 is 0 Å². The summed E-state index contributed by atoms with van der Waals surface area (Å²) in [6.07, 6.45) is 21.4. The lowest BCUT2D eigenvalue weighted by Crippen LogP contribution is -2.32. The topological polar surface area (TPSA) is 3.88 Å². The quantitative estimate of drug-likeness (QED) is 0.280. The number of hydrogen-bond donors (Lipinski definition) is 0. The van der Waals surface area contributed by atoms with Crippen LogP contribution in [-0.2, 0) is 6.54 Å². The summed E-state index contributed by atoms with van der Waals surface area (Å²) in [6, 6.07) is 6.32. The first-order valence-corrected chi connectivity index (χ1v) is 9.77. The van der Waals surface area contributed by atoms with Gasteiger partial charge in [-0.05, 0) is 12.3 Å². The Hall–Kier alpha value is -0.850. The molecule has 126 valence electrons. The second kappa shape index (κ2) is 13.8. The predicted octanol–water partition coefficient (Wildman–Crippen LogP) is 6.31. The van der Waals surface area contributed by atoms with E-state index in [4.69, 9.17) is 0 Å². The van der Waals surface area contributed by atoms with Gasteiger partial charge in [0.15, 0.2) is 12.4 Å². The Morgan fingerprint density at radius 2 is 1.23 bits per heavy atom. The average molecular weight is 305 g/mol. The summed E-state index contributed by atoms with van der Waals surface area (Å²) >= 11 is 0. The van der Waals surface area contributed by atoms with Gasteiger partial charge in [-0.2, -0.15) is 0 Å². The van der Waals surface area contributed by atoms with Crippen molar-refractivity contribution in [1.82, 2.24) is 0 Å². The van der Waals surface area contributed by atoms with E-state index in [0.717, 1.165) is 5.92 Å². The van der Waals surface area contributed by atoms with Crippen LogP contribution in [0.4, 0.5) is 0 Å². The van der Waals surface area contributed by atoms with Gasteiger partial charge in [0.25, 0.3) is 0 Å². The van der Waals surface area contributed by atoms with Gasteiger partial charge in [0, 0.05) is 18.6 Å². The molecule has 0 aromatic carbocycles. The SMILES string of the molecule is CCCCCCCCCCC[C@H](C)CCC[n+]1ccccc1. The Bertz CT molecular complexity index is 333. The van der Waals surface area contributed by atoms with Crippen molar-refractivity contribution < 1.29 is 4.57 Å². The van der Waals surface area contributed by atoms with Crippen LogP contribution in [0.2, 0.25) is 0 Å². The van der Waals surface area contributed by atoms with Crippen molar-refractivity contribution in [3.8, 4) is 0 Å². The number of hydrogen-bond acceptors (Lipinski definition) is 0. The molecule has 0 fully saturated rings. The van der Waals surface area contributed by atoms with Crippen LogP contribution in [0, 0.1) is 5.92 Å². The highest BCUT2D eigenvalue weighted by molar-refractivity contribution is 4.83. The fourth-order valence-electron chi connectivity index (χ4n) is 3.15. The summed E-state index contributed by atoms with van der Waals surface area (Å²) in [5.41, 5.74) is 0. The molecule has 1 heteroatoms. The van der Waals surface area contributed by atoms with Crippen molar-refractivity contribution in [1.29, 1.82) is 0 Å². The minimum atomic E-state index is 0.897. The van der Waals surface area contributed by atoms with Gasteiger partial charge in [-0.25, -0.2) is 4.57 Å². The first kappa shape index (κ1) is 19.2. The maximum atomic E-state index is 2.43. The zero-order valence-corrected chi connectivity index (χ0v) is 15.1. The molecule has 0 bridgehead atoms. The van der Waals surface area contributed by atoms with Gasteiger partial charge in [-0.1, -0.05) is 84.1 Å². The average Bonchev–Trinajstić information content (AvgIpc) is 2.54. The van der Waals surface area contributed by atoms with Crippen LogP contribution < -0.4 is 4.57 Å². The standard InChI is InChI=1S/C21H38N/c1-3-4-5-6-7-8-9-10-12-16-21(2)17-15-20-22-18-13-11-14-19-22/h11,13-14,18-19,21H,3-10,12,15-17,20H2,1-2H3/q+1/t21-/m0/s1. The van der Waals surface area contributed by atoms with Crippen LogP contribution in [0.1, 0.15) is 90.9 Å². The second-order valence-electron chi connectivity index (χ2n) is 6.98. The molecule has 0 radical (unpaired) electrons. The van der Waals surface area contributed by atoms with E-state index in [1.807, 2.05) is 0 Å². The van der Waals surface area contributed by atoms with Gasteiger partial charge in [-0.15, -0.1) is 0 Å². The van der Waals surface area contributed by atoms with E-state index in [1.54, 1.807) is 0 Å². The number of aryl methyl sites for hydroxylation is 1. The van der Waals surface area contributed by atoms with E-state index in [2.05, 4.69) is 49.0 Å². The highest BCUT2D eigenvalue weighted by Gasteiger charge is 2.04. The highest BCUT2D eigenvalue weighted by Crippen LogP contribution is 2.16. The molecule has 0 unspecified atom stereocenters. The lowest BCUT2D eigenvalue weighted by atomic mass is 9.97. The summed E-state index contributed by atoms with van der Waals surface area (Å²) in [6.45, 7) is 5.89. The van der Waals surface area contributed by atoms with Crippen LogP contribution in [0.3, 0.4) is 0 Å². The number of aromatic nitrogens is 1. The molecule has 1 nitrogen and oxygen atoms in total. The minimum absolute atomic E-state index is 0.897. The zero-order chi connectivity index (χ0) is 15.9. The number of unbranched alkanes of at least 4 members (excludes halogenated alkanes) is 8. The van der Waals surface area contributed by atoms with E-state index in [1.165, 1.54) is 83.6 Å². The number of rotatable bonds is 14. The van der Waals surface area contributed by atoms with E-state index in [9.17, 15) is 0 Å². The Balaban J connectivity index is 1.86. The molecule has 0 aliphatic rings. The van der Waals surface area contributed by atoms with Crippen molar-refractivity contribution in [3.05, 3.63) is 30.6 Å². The van der Waals surface area contributed by atoms with Gasteiger partial charge in [0.1, 0.15) is 6.54 Å². The van der Waals surface area contributed by atoms with Gasteiger partial charge >= 0.3 is 0 Å². The Kier molecular flexibility index (Phi) is 12.0. The maximum Gasteiger partial charge on any atom is 0.168 e. The molecule has 0 spiro atoms. The normalized spacial score (nSPS) is 12.5. The predicted molar refractivity (Wildman–Crippen MR) is 96.9 cm³/mol. The fraction of sp³-hybridized carbons (Fsp3) is 0.762. The number of nitrogens with zero attached hydrogens (tertiary/aromatic N) is 1. The van der Waals surface area contributed by atoms with Crippen molar-refractivity contribution in [3.63, 3.8) is 0 Å². The molecule has 0 aliphatic heterocycles. The summed E-state index contributed by atoms with van der Waals surface area (Å²) in [7, 11) is 0. The second-order valence-corrected chi connectivity index (χ2v) is 6.98. The first-order chi connectivity index (χ1) is 10.8. The molecule has 22 heavy (non-hydrogen) atoms. The molecular weight excluding hydrogens is 266 g/mol. The first-order valence-electron chi connectivity index (χ1n) is 9.77. The van der Waals surface area contributed by atoms with Crippen molar-refractivity contribution in [2.75, 3.05) is 0 Å². The van der Waals surface area contributed by atoms with Crippen LogP contribution >= 0.6 is 0 Å². The van der Waals surface area contributed by atoms with Crippen LogP contribution in [0.25, 0.3) is 0 Å².